The number of nitrogens with one attached hydrogen (secondary N) is 3. The smallest absolute Gasteiger partial charge is 0.261 e. The van der Waals surface area contributed by atoms with Gasteiger partial charge < -0.3 is 16.0 Å². The summed E-state index contributed by atoms with van der Waals surface area (Å²) in [4.78, 5) is 36.8. The van der Waals surface area contributed by atoms with Crippen molar-refractivity contribution in [2.75, 3.05) is 18.4 Å². The third kappa shape index (κ3) is 6.00. The average molecular weight is 373 g/mol. The number of carbonyl (C=O) groups excluding carboxylic acids is 3. The van der Waals surface area contributed by atoms with Crippen LogP contribution >= 0.6 is 11.3 Å². The highest BCUT2D eigenvalue weighted by Crippen LogP contribution is 2.15. The van der Waals surface area contributed by atoms with Gasteiger partial charge in [0.15, 0.2) is 0 Å². The number of amides is 3. The second kappa shape index (κ2) is 9.72. The van der Waals surface area contributed by atoms with Gasteiger partial charge in [0.2, 0.25) is 5.91 Å². The average Bonchev–Trinajstić information content (AvgIpc) is 3.14. The van der Waals surface area contributed by atoms with Crippen LogP contribution in [0.3, 0.4) is 0 Å². The van der Waals surface area contributed by atoms with E-state index in [1.54, 1.807) is 36.4 Å². The van der Waals surface area contributed by atoms with Crippen LogP contribution in [0, 0.1) is 5.92 Å². The van der Waals surface area contributed by atoms with Crippen molar-refractivity contribution in [2.45, 2.75) is 20.3 Å². The third-order valence-corrected chi connectivity index (χ3v) is 4.37. The molecule has 26 heavy (non-hydrogen) atoms. The van der Waals surface area contributed by atoms with E-state index in [9.17, 15) is 14.4 Å². The molecule has 0 bridgehead atoms. The van der Waals surface area contributed by atoms with Gasteiger partial charge >= 0.3 is 0 Å². The zero-order valence-corrected chi connectivity index (χ0v) is 15.7. The van der Waals surface area contributed by atoms with Crippen LogP contribution in [0.4, 0.5) is 5.69 Å². The number of hydrogen-bond donors (Lipinski definition) is 3. The Balaban J connectivity index is 1.86. The molecule has 0 aliphatic carbocycles. The van der Waals surface area contributed by atoms with Crippen LogP contribution < -0.4 is 16.0 Å². The fourth-order valence-corrected chi connectivity index (χ4v) is 2.82. The summed E-state index contributed by atoms with van der Waals surface area (Å²) in [6, 6.07) is 10.4. The van der Waals surface area contributed by atoms with Crippen LogP contribution in [0.2, 0.25) is 0 Å². The second-order valence-electron chi connectivity index (χ2n) is 6.18. The maximum absolute atomic E-state index is 12.3. The van der Waals surface area contributed by atoms with E-state index in [0.717, 1.165) is 0 Å². The van der Waals surface area contributed by atoms with Gasteiger partial charge in [0.1, 0.15) is 0 Å². The Hall–Kier alpha value is -2.67. The Labute approximate surface area is 157 Å². The Morgan fingerprint density at radius 1 is 1.00 bits per heavy atom. The quantitative estimate of drug-likeness (QED) is 0.665. The minimum absolute atomic E-state index is 0.124. The molecule has 138 valence electrons. The lowest BCUT2D eigenvalue weighted by molar-refractivity contribution is -0.116. The highest BCUT2D eigenvalue weighted by Gasteiger charge is 2.13. The number of hydrogen-bond acceptors (Lipinski definition) is 4. The van der Waals surface area contributed by atoms with Crippen molar-refractivity contribution >= 4 is 34.7 Å². The van der Waals surface area contributed by atoms with Crippen LogP contribution in [-0.2, 0) is 4.79 Å². The maximum Gasteiger partial charge on any atom is 0.261 e. The first-order valence-corrected chi connectivity index (χ1v) is 9.34. The Bertz CT molecular complexity index is 757. The van der Waals surface area contributed by atoms with E-state index >= 15 is 0 Å². The standard InChI is InChI=1S/C19H23N3O3S/c1-13(2)12-21-18(24)14-6-3-4-7-15(14)22-17(23)9-10-20-19(25)16-8-5-11-26-16/h3-8,11,13H,9-10,12H2,1-2H3,(H,20,25)(H,21,24)(H,22,23). The van der Waals surface area contributed by atoms with Crippen molar-refractivity contribution in [1.29, 1.82) is 0 Å². The molecule has 0 radical (unpaired) electrons. The first-order valence-electron chi connectivity index (χ1n) is 8.46. The summed E-state index contributed by atoms with van der Waals surface area (Å²) in [5.74, 6) is -0.338. The second-order valence-corrected chi connectivity index (χ2v) is 7.13. The van der Waals surface area contributed by atoms with Crippen molar-refractivity contribution in [3.05, 3.63) is 52.2 Å². The monoisotopic (exact) mass is 373 g/mol. The molecular weight excluding hydrogens is 350 g/mol. The van der Waals surface area contributed by atoms with E-state index in [2.05, 4.69) is 16.0 Å². The van der Waals surface area contributed by atoms with Gasteiger partial charge in [-0.2, -0.15) is 0 Å². The molecular formula is C19H23N3O3S. The van der Waals surface area contributed by atoms with Crippen LogP contribution in [-0.4, -0.2) is 30.8 Å². The van der Waals surface area contributed by atoms with Gasteiger partial charge in [-0.3, -0.25) is 14.4 Å². The minimum atomic E-state index is -0.263. The first kappa shape index (κ1) is 19.7. The zero-order chi connectivity index (χ0) is 18.9. The molecule has 0 spiro atoms. The minimum Gasteiger partial charge on any atom is -0.352 e. The first-order chi connectivity index (χ1) is 12.5. The summed E-state index contributed by atoms with van der Waals surface area (Å²) < 4.78 is 0. The molecule has 0 aliphatic heterocycles. The normalized spacial score (nSPS) is 10.4. The van der Waals surface area contributed by atoms with E-state index in [1.165, 1.54) is 11.3 Å². The van der Waals surface area contributed by atoms with Crippen LogP contribution in [0.15, 0.2) is 41.8 Å². The maximum atomic E-state index is 12.3. The van der Waals surface area contributed by atoms with E-state index in [4.69, 9.17) is 0 Å². The number of rotatable bonds is 8. The lowest BCUT2D eigenvalue weighted by Crippen LogP contribution is -2.29. The van der Waals surface area contributed by atoms with Gasteiger partial charge in [0.05, 0.1) is 16.1 Å². The molecule has 3 amide bonds. The number of anilines is 1. The number of thiophene rings is 1. The highest BCUT2D eigenvalue weighted by molar-refractivity contribution is 7.12. The molecule has 2 aromatic rings. The lowest BCUT2D eigenvalue weighted by atomic mass is 10.1. The molecule has 2 rings (SSSR count). The van der Waals surface area contributed by atoms with Crippen LogP contribution in [0.5, 0.6) is 0 Å². The SMILES string of the molecule is CC(C)CNC(=O)c1ccccc1NC(=O)CCNC(=O)c1cccs1. The van der Waals surface area contributed by atoms with Crippen LogP contribution in [0.25, 0.3) is 0 Å². The fourth-order valence-electron chi connectivity index (χ4n) is 2.18. The summed E-state index contributed by atoms with van der Waals surface area (Å²) in [6.45, 7) is 4.82. The number of benzene rings is 1. The molecule has 7 heteroatoms. The molecule has 3 N–H and O–H groups in total. The lowest BCUT2D eigenvalue weighted by Gasteiger charge is -2.12. The Kier molecular flexibility index (Phi) is 7.35. The largest absolute Gasteiger partial charge is 0.352 e. The number of para-hydroxylation sites is 1. The molecule has 0 atom stereocenters. The van der Waals surface area contributed by atoms with E-state index < -0.39 is 0 Å². The summed E-state index contributed by atoms with van der Waals surface area (Å²) in [5, 5.41) is 10.1. The summed E-state index contributed by atoms with van der Waals surface area (Å²) in [6.07, 6.45) is 0.124. The van der Waals surface area contributed by atoms with Crippen molar-refractivity contribution in [2.24, 2.45) is 5.92 Å². The Morgan fingerprint density at radius 3 is 2.46 bits per heavy atom. The van der Waals surface area contributed by atoms with Crippen LogP contribution in [0.1, 0.15) is 40.3 Å². The molecule has 1 aromatic carbocycles. The molecule has 0 fully saturated rings. The molecule has 1 aromatic heterocycles. The van der Waals surface area contributed by atoms with E-state index in [0.29, 0.717) is 28.6 Å². The highest BCUT2D eigenvalue weighted by atomic mass is 32.1. The van der Waals surface area contributed by atoms with E-state index in [1.807, 2.05) is 19.2 Å². The molecule has 0 saturated heterocycles. The molecule has 1 heterocycles. The predicted molar refractivity (Wildman–Crippen MR) is 104 cm³/mol. The van der Waals surface area contributed by atoms with Crippen molar-refractivity contribution in [3.63, 3.8) is 0 Å². The van der Waals surface area contributed by atoms with Gasteiger partial charge in [-0.05, 0) is 29.5 Å². The Morgan fingerprint density at radius 2 is 1.77 bits per heavy atom. The molecule has 6 nitrogen and oxygen atoms in total. The fraction of sp³-hybridized carbons (Fsp3) is 0.316. The summed E-state index contributed by atoms with van der Waals surface area (Å²) in [5.41, 5.74) is 0.882. The van der Waals surface area contributed by atoms with Gasteiger partial charge in [0, 0.05) is 19.5 Å². The van der Waals surface area contributed by atoms with Crippen molar-refractivity contribution < 1.29 is 14.4 Å². The summed E-state index contributed by atoms with van der Waals surface area (Å²) in [7, 11) is 0. The third-order valence-electron chi connectivity index (χ3n) is 3.50. The van der Waals surface area contributed by atoms with Crippen molar-refractivity contribution in [1.82, 2.24) is 10.6 Å². The van der Waals surface area contributed by atoms with Gasteiger partial charge in [0.25, 0.3) is 11.8 Å². The molecule has 0 saturated carbocycles. The predicted octanol–water partition coefficient (Wildman–Crippen LogP) is 2.89. The van der Waals surface area contributed by atoms with Crippen molar-refractivity contribution in [3.8, 4) is 0 Å². The van der Waals surface area contributed by atoms with E-state index in [-0.39, 0.29) is 30.7 Å². The zero-order valence-electron chi connectivity index (χ0n) is 14.9. The number of carbonyl (C=O) groups is 3. The molecule has 0 unspecified atom stereocenters. The topological polar surface area (TPSA) is 87.3 Å². The molecule has 0 aliphatic rings. The van der Waals surface area contributed by atoms with Gasteiger partial charge in [-0.25, -0.2) is 0 Å². The van der Waals surface area contributed by atoms with Gasteiger partial charge in [-0.1, -0.05) is 32.0 Å². The van der Waals surface area contributed by atoms with Gasteiger partial charge in [-0.15, -0.1) is 11.3 Å². The summed E-state index contributed by atoms with van der Waals surface area (Å²) >= 11 is 1.35.